The Morgan fingerprint density at radius 2 is 2.11 bits per heavy atom. The Hall–Kier alpha value is -1.59. The summed E-state index contributed by atoms with van der Waals surface area (Å²) >= 11 is 7.06. The molecule has 1 N–H and O–H groups in total. The Labute approximate surface area is 119 Å². The lowest BCUT2D eigenvalue weighted by molar-refractivity contribution is 0.0691. The van der Waals surface area contributed by atoms with Crippen LogP contribution in [0.3, 0.4) is 0 Å². The van der Waals surface area contributed by atoms with Gasteiger partial charge in [0, 0.05) is 16.8 Å². The molecule has 2 aromatic heterocycles. The molecule has 0 saturated heterocycles. The van der Waals surface area contributed by atoms with E-state index < -0.39 is 5.97 Å². The van der Waals surface area contributed by atoms with Gasteiger partial charge in [0.25, 0.3) is 0 Å². The molecule has 0 saturated carbocycles. The van der Waals surface area contributed by atoms with Gasteiger partial charge in [0.2, 0.25) is 0 Å². The number of hydrogen-bond donors (Lipinski definition) is 1. The maximum Gasteiger partial charge on any atom is 0.338 e. The van der Waals surface area contributed by atoms with Crippen molar-refractivity contribution < 1.29 is 9.90 Å². The van der Waals surface area contributed by atoms with Crippen LogP contribution in [0.4, 0.5) is 0 Å². The summed E-state index contributed by atoms with van der Waals surface area (Å²) in [5.41, 5.74) is 1.50. The molecule has 0 aliphatic rings. The van der Waals surface area contributed by atoms with Crippen molar-refractivity contribution in [1.29, 1.82) is 0 Å². The van der Waals surface area contributed by atoms with Crippen molar-refractivity contribution in [3.8, 4) is 0 Å². The highest BCUT2D eigenvalue weighted by atomic mass is 35.5. The first-order chi connectivity index (χ1) is 8.97. The van der Waals surface area contributed by atoms with Crippen LogP contribution in [0.15, 0.2) is 34.3 Å². The Kier molecular flexibility index (Phi) is 4.07. The highest BCUT2D eigenvalue weighted by Crippen LogP contribution is 2.31. The summed E-state index contributed by atoms with van der Waals surface area (Å²) in [4.78, 5) is 20.3. The van der Waals surface area contributed by atoms with E-state index in [0.717, 1.165) is 5.69 Å². The standard InChI is InChI=1S/C13H11ClN2O2S/c1-7-5-10(12(13(17)18)8(2)16-7)19-11-4-3-9(14)6-15-11/h3-6H,1-2H3,(H,17,18). The molecule has 2 rings (SSSR count). The lowest BCUT2D eigenvalue weighted by Gasteiger charge is -2.09. The van der Waals surface area contributed by atoms with Crippen molar-refractivity contribution in [2.45, 2.75) is 23.8 Å². The summed E-state index contributed by atoms with van der Waals surface area (Å²) in [5, 5.41) is 10.5. The second-order valence-corrected chi connectivity index (χ2v) is 5.44. The average Bonchev–Trinajstić information content (AvgIpc) is 2.30. The molecule has 0 atom stereocenters. The molecule has 0 radical (unpaired) electrons. The minimum Gasteiger partial charge on any atom is -0.478 e. The second kappa shape index (κ2) is 5.59. The quantitative estimate of drug-likeness (QED) is 0.937. The number of rotatable bonds is 3. The predicted octanol–water partition coefficient (Wildman–Crippen LogP) is 3.60. The number of aryl methyl sites for hydroxylation is 2. The zero-order valence-corrected chi connectivity index (χ0v) is 11.9. The van der Waals surface area contributed by atoms with E-state index in [9.17, 15) is 9.90 Å². The largest absolute Gasteiger partial charge is 0.478 e. The topological polar surface area (TPSA) is 63.1 Å². The summed E-state index contributed by atoms with van der Waals surface area (Å²) < 4.78 is 0. The highest BCUT2D eigenvalue weighted by Gasteiger charge is 2.16. The maximum atomic E-state index is 11.3. The first-order valence-corrected chi connectivity index (χ1v) is 6.68. The van der Waals surface area contributed by atoms with E-state index >= 15 is 0 Å². The normalized spacial score (nSPS) is 10.5. The van der Waals surface area contributed by atoms with Crippen molar-refractivity contribution in [2.24, 2.45) is 0 Å². The number of carboxylic acids is 1. The summed E-state index contributed by atoms with van der Waals surface area (Å²) in [6.45, 7) is 3.52. The number of aromatic carboxylic acids is 1. The highest BCUT2D eigenvalue weighted by molar-refractivity contribution is 7.99. The van der Waals surface area contributed by atoms with Gasteiger partial charge in [-0.15, -0.1) is 0 Å². The fourth-order valence-corrected chi connectivity index (χ4v) is 2.81. The summed E-state index contributed by atoms with van der Waals surface area (Å²) in [6.07, 6.45) is 1.53. The molecule has 0 aliphatic heterocycles. The molecule has 0 bridgehead atoms. The smallest absolute Gasteiger partial charge is 0.338 e. The molecule has 98 valence electrons. The molecule has 0 aromatic carbocycles. The first kappa shape index (κ1) is 13.8. The third-order valence-corrected chi connectivity index (χ3v) is 3.64. The van der Waals surface area contributed by atoms with Crippen LogP contribution in [0.5, 0.6) is 0 Å². The zero-order chi connectivity index (χ0) is 14.0. The van der Waals surface area contributed by atoms with E-state index in [4.69, 9.17) is 11.6 Å². The van der Waals surface area contributed by atoms with Crippen LogP contribution in [-0.4, -0.2) is 21.0 Å². The number of aromatic nitrogens is 2. The van der Waals surface area contributed by atoms with E-state index in [1.165, 1.54) is 18.0 Å². The van der Waals surface area contributed by atoms with Gasteiger partial charge in [-0.25, -0.2) is 9.78 Å². The average molecular weight is 295 g/mol. The molecule has 4 nitrogen and oxygen atoms in total. The third-order valence-electron chi connectivity index (χ3n) is 2.42. The Morgan fingerprint density at radius 1 is 1.37 bits per heavy atom. The van der Waals surface area contributed by atoms with E-state index in [1.54, 1.807) is 25.1 Å². The fourth-order valence-electron chi connectivity index (χ4n) is 1.67. The second-order valence-electron chi connectivity index (χ2n) is 3.94. The molecule has 0 unspecified atom stereocenters. The van der Waals surface area contributed by atoms with Crippen molar-refractivity contribution in [3.05, 3.63) is 46.4 Å². The van der Waals surface area contributed by atoms with Gasteiger partial charge in [-0.2, -0.15) is 0 Å². The van der Waals surface area contributed by atoms with Crippen LogP contribution in [0.25, 0.3) is 0 Å². The lowest BCUT2D eigenvalue weighted by Crippen LogP contribution is -2.05. The van der Waals surface area contributed by atoms with Crippen LogP contribution < -0.4 is 0 Å². The third kappa shape index (κ3) is 3.24. The lowest BCUT2D eigenvalue weighted by atomic mass is 10.2. The predicted molar refractivity (Wildman–Crippen MR) is 74.0 cm³/mol. The van der Waals surface area contributed by atoms with Crippen molar-refractivity contribution in [1.82, 2.24) is 9.97 Å². The first-order valence-electron chi connectivity index (χ1n) is 5.48. The molecule has 2 heterocycles. The van der Waals surface area contributed by atoms with Crippen molar-refractivity contribution >= 4 is 29.3 Å². The van der Waals surface area contributed by atoms with Crippen LogP contribution in [0, 0.1) is 13.8 Å². The van der Waals surface area contributed by atoms with Gasteiger partial charge in [0.15, 0.2) is 0 Å². The van der Waals surface area contributed by atoms with Crippen LogP contribution in [-0.2, 0) is 0 Å². The molecule has 2 aromatic rings. The maximum absolute atomic E-state index is 11.3. The van der Waals surface area contributed by atoms with Gasteiger partial charge < -0.3 is 5.11 Å². The van der Waals surface area contributed by atoms with Gasteiger partial charge in [0.05, 0.1) is 16.3 Å². The van der Waals surface area contributed by atoms with Crippen molar-refractivity contribution in [2.75, 3.05) is 0 Å². The Balaban J connectivity index is 2.44. The molecule has 0 spiro atoms. The van der Waals surface area contributed by atoms with Gasteiger partial charge in [-0.1, -0.05) is 23.4 Å². The summed E-state index contributed by atoms with van der Waals surface area (Å²) in [7, 11) is 0. The number of halogens is 1. The number of carbonyl (C=O) groups is 1. The van der Waals surface area contributed by atoms with Crippen LogP contribution in [0.2, 0.25) is 5.02 Å². The van der Waals surface area contributed by atoms with E-state index in [2.05, 4.69) is 9.97 Å². The van der Waals surface area contributed by atoms with E-state index in [0.29, 0.717) is 20.6 Å². The van der Waals surface area contributed by atoms with Gasteiger partial charge in [-0.3, -0.25) is 4.98 Å². The monoisotopic (exact) mass is 294 g/mol. The minimum atomic E-state index is -0.985. The zero-order valence-electron chi connectivity index (χ0n) is 10.3. The molecular weight excluding hydrogens is 284 g/mol. The van der Waals surface area contributed by atoms with E-state index in [-0.39, 0.29) is 5.56 Å². The van der Waals surface area contributed by atoms with Gasteiger partial charge in [0.1, 0.15) is 5.03 Å². The Bertz CT molecular complexity index is 629. The van der Waals surface area contributed by atoms with Gasteiger partial charge >= 0.3 is 5.97 Å². The SMILES string of the molecule is Cc1cc(Sc2ccc(Cl)cn2)c(C(=O)O)c(C)n1. The van der Waals surface area contributed by atoms with Gasteiger partial charge in [-0.05, 0) is 32.0 Å². The minimum absolute atomic E-state index is 0.215. The van der Waals surface area contributed by atoms with Crippen molar-refractivity contribution in [3.63, 3.8) is 0 Å². The molecule has 0 amide bonds. The molecule has 19 heavy (non-hydrogen) atoms. The molecule has 0 fully saturated rings. The van der Waals surface area contributed by atoms with Crippen LogP contribution >= 0.6 is 23.4 Å². The fraction of sp³-hybridized carbons (Fsp3) is 0.154. The Morgan fingerprint density at radius 3 is 2.68 bits per heavy atom. The number of nitrogens with zero attached hydrogens (tertiary/aromatic N) is 2. The molecule has 0 aliphatic carbocycles. The summed E-state index contributed by atoms with van der Waals surface area (Å²) in [5.74, 6) is -0.985. The number of pyridine rings is 2. The summed E-state index contributed by atoms with van der Waals surface area (Å²) in [6, 6.07) is 5.22. The number of carboxylic acid groups (broad SMARTS) is 1. The van der Waals surface area contributed by atoms with Crippen LogP contribution in [0.1, 0.15) is 21.7 Å². The molecular formula is C13H11ClN2O2S. The number of hydrogen-bond acceptors (Lipinski definition) is 4. The van der Waals surface area contributed by atoms with E-state index in [1.807, 2.05) is 6.92 Å². The molecule has 6 heteroatoms.